The SMILES string of the molecule is C=CCOC(=O)C(C)(OC(=O)CN1C(=O)[C@@H](C(C)O)[C@H]1SC(c1ccccc1)(c1ccccc1)c1ccccc1)[Si](C)(C)C. The van der Waals surface area contributed by atoms with Crippen LogP contribution in [0.3, 0.4) is 0 Å². The molecule has 4 rings (SSSR count). The average Bonchev–Trinajstić information content (AvgIpc) is 3.01. The van der Waals surface area contributed by atoms with Gasteiger partial charge in [-0.25, -0.2) is 4.79 Å². The lowest BCUT2D eigenvalue weighted by atomic mass is 9.84. The zero-order valence-electron chi connectivity index (χ0n) is 25.9. The van der Waals surface area contributed by atoms with Crippen molar-refractivity contribution < 1.29 is 29.0 Å². The second-order valence-electron chi connectivity index (χ2n) is 12.2. The highest BCUT2D eigenvalue weighted by atomic mass is 32.2. The number of carbonyl (C=O) groups excluding carboxylic acids is 3. The van der Waals surface area contributed by atoms with Crippen LogP contribution < -0.4 is 0 Å². The summed E-state index contributed by atoms with van der Waals surface area (Å²) in [6.07, 6.45) is 0.507. The van der Waals surface area contributed by atoms with E-state index in [4.69, 9.17) is 9.47 Å². The Morgan fingerprint density at radius 1 is 0.955 bits per heavy atom. The number of thioether (sulfide) groups is 1. The van der Waals surface area contributed by atoms with Crippen LogP contribution in [0.15, 0.2) is 104 Å². The summed E-state index contributed by atoms with van der Waals surface area (Å²) in [6, 6.07) is 30.1. The van der Waals surface area contributed by atoms with Crippen LogP contribution in [0.25, 0.3) is 0 Å². The molecule has 1 aliphatic rings. The van der Waals surface area contributed by atoms with Gasteiger partial charge in [0.05, 0.1) is 22.1 Å². The van der Waals surface area contributed by atoms with Crippen molar-refractivity contribution in [1.29, 1.82) is 0 Å². The van der Waals surface area contributed by atoms with Crippen LogP contribution in [-0.2, 0) is 28.6 Å². The molecule has 1 fully saturated rings. The third-order valence-corrected chi connectivity index (χ3v) is 13.3. The number of carbonyl (C=O) groups is 3. The standard InChI is InChI=1S/C35H41NO6SSi/c1-7-23-41-33(40)34(3,44(4,5)6)42-29(38)24-36-31(39)30(25(2)37)32(36)43-35(26-17-11-8-12-18-26,27-19-13-9-14-20-27)28-21-15-10-16-22-28/h7-22,25,30,32,37H,1,23-24H2,2-6H3/t25?,30-,32-,34?/m1/s1. The number of nitrogens with zero attached hydrogens (tertiary/aromatic N) is 1. The lowest BCUT2D eigenvalue weighted by Crippen LogP contribution is -2.66. The maximum absolute atomic E-state index is 13.5. The molecule has 2 unspecified atom stereocenters. The fourth-order valence-electron chi connectivity index (χ4n) is 5.38. The lowest BCUT2D eigenvalue weighted by molar-refractivity contribution is -0.176. The number of hydrogen-bond acceptors (Lipinski definition) is 7. The van der Waals surface area contributed by atoms with Gasteiger partial charge in [0, 0.05) is 0 Å². The summed E-state index contributed by atoms with van der Waals surface area (Å²) in [5.41, 5.74) is 2.97. The number of amides is 1. The molecule has 0 spiro atoms. The summed E-state index contributed by atoms with van der Waals surface area (Å²) in [7, 11) is -2.47. The van der Waals surface area contributed by atoms with Crippen LogP contribution in [-0.4, -0.2) is 65.8 Å². The zero-order valence-corrected chi connectivity index (χ0v) is 27.8. The molecule has 0 aliphatic carbocycles. The number of β-lactam (4-membered cyclic amide) rings is 1. The summed E-state index contributed by atoms with van der Waals surface area (Å²) in [5.74, 6) is -2.44. The maximum Gasteiger partial charge on any atom is 0.346 e. The van der Waals surface area contributed by atoms with Crippen LogP contribution in [0.2, 0.25) is 19.6 Å². The van der Waals surface area contributed by atoms with Gasteiger partial charge in [-0.1, -0.05) is 123 Å². The van der Waals surface area contributed by atoms with Crippen molar-refractivity contribution in [3.05, 3.63) is 120 Å². The monoisotopic (exact) mass is 631 g/mol. The molecule has 0 radical (unpaired) electrons. The summed E-state index contributed by atoms with van der Waals surface area (Å²) in [6.45, 7) is 12.1. The van der Waals surface area contributed by atoms with E-state index in [1.54, 1.807) is 13.8 Å². The summed E-state index contributed by atoms with van der Waals surface area (Å²) >= 11 is 1.51. The first-order chi connectivity index (χ1) is 20.9. The molecule has 7 nitrogen and oxygen atoms in total. The van der Waals surface area contributed by atoms with Gasteiger partial charge in [0.2, 0.25) is 5.91 Å². The van der Waals surface area contributed by atoms with Crippen LogP contribution in [0, 0.1) is 5.92 Å². The number of aliphatic hydroxyl groups is 1. The molecule has 1 heterocycles. The minimum atomic E-state index is -2.47. The van der Waals surface area contributed by atoms with E-state index in [2.05, 4.69) is 43.0 Å². The van der Waals surface area contributed by atoms with Crippen LogP contribution >= 0.6 is 11.8 Å². The van der Waals surface area contributed by atoms with Gasteiger partial charge in [-0.15, -0.1) is 11.8 Å². The van der Waals surface area contributed by atoms with Gasteiger partial charge in [0.15, 0.2) is 5.22 Å². The van der Waals surface area contributed by atoms with Crippen molar-refractivity contribution in [3.8, 4) is 0 Å². The van der Waals surface area contributed by atoms with Gasteiger partial charge in [-0.2, -0.15) is 0 Å². The van der Waals surface area contributed by atoms with Gasteiger partial charge in [-0.05, 0) is 30.5 Å². The van der Waals surface area contributed by atoms with Crippen LogP contribution in [0.5, 0.6) is 0 Å². The highest BCUT2D eigenvalue weighted by Gasteiger charge is 2.56. The Hall–Kier alpha value is -3.66. The van der Waals surface area contributed by atoms with E-state index in [1.807, 2.05) is 74.2 Å². The quantitative estimate of drug-likeness (QED) is 0.0840. The van der Waals surface area contributed by atoms with Gasteiger partial charge in [0.1, 0.15) is 21.2 Å². The predicted octanol–water partition coefficient (Wildman–Crippen LogP) is 5.79. The van der Waals surface area contributed by atoms with Crippen molar-refractivity contribution in [2.24, 2.45) is 5.92 Å². The molecular weight excluding hydrogens is 591 g/mol. The number of aliphatic hydroxyl groups excluding tert-OH is 1. The normalized spacial score (nSPS) is 18.9. The number of rotatable bonds is 13. The lowest BCUT2D eigenvalue weighted by Gasteiger charge is -2.51. The number of hydrogen-bond donors (Lipinski definition) is 1. The fraction of sp³-hybridized carbons (Fsp3) is 0.343. The van der Waals surface area contributed by atoms with Crippen molar-refractivity contribution in [3.63, 3.8) is 0 Å². The van der Waals surface area contributed by atoms with Gasteiger partial charge < -0.3 is 19.5 Å². The number of ether oxygens (including phenoxy) is 2. The third-order valence-electron chi connectivity index (χ3n) is 8.31. The molecule has 3 aromatic rings. The highest BCUT2D eigenvalue weighted by Crippen LogP contribution is 2.54. The molecule has 0 saturated carbocycles. The van der Waals surface area contributed by atoms with E-state index < -0.39 is 47.4 Å². The molecule has 1 amide bonds. The summed E-state index contributed by atoms with van der Waals surface area (Å²) in [5, 5.41) is 8.72. The van der Waals surface area contributed by atoms with E-state index in [9.17, 15) is 19.5 Å². The van der Waals surface area contributed by atoms with Crippen LogP contribution in [0.1, 0.15) is 30.5 Å². The first-order valence-electron chi connectivity index (χ1n) is 14.7. The Morgan fingerprint density at radius 2 is 1.41 bits per heavy atom. The summed E-state index contributed by atoms with van der Waals surface area (Å²) in [4.78, 5) is 41.6. The minimum Gasteiger partial charge on any atom is -0.459 e. The maximum atomic E-state index is 13.5. The fourth-order valence-corrected chi connectivity index (χ4v) is 8.46. The molecule has 44 heavy (non-hydrogen) atoms. The smallest absolute Gasteiger partial charge is 0.346 e. The predicted molar refractivity (Wildman–Crippen MR) is 176 cm³/mol. The number of benzene rings is 3. The minimum absolute atomic E-state index is 0.00358. The van der Waals surface area contributed by atoms with Crippen molar-refractivity contribution in [2.45, 2.75) is 54.9 Å². The summed E-state index contributed by atoms with van der Waals surface area (Å²) < 4.78 is 10.4. The molecule has 1 N–H and O–H groups in total. The molecule has 0 bridgehead atoms. The molecule has 4 atom stereocenters. The molecule has 0 aromatic heterocycles. The van der Waals surface area contributed by atoms with Crippen molar-refractivity contribution >= 4 is 37.7 Å². The number of likely N-dealkylation sites (tertiary alicyclic amines) is 1. The molecule has 1 aliphatic heterocycles. The van der Waals surface area contributed by atoms with E-state index in [0.717, 1.165) is 16.7 Å². The molecule has 1 saturated heterocycles. The first-order valence-corrected chi connectivity index (χ1v) is 19.1. The first kappa shape index (κ1) is 33.2. The molecular formula is C35H41NO6SSi. The van der Waals surface area contributed by atoms with Gasteiger partial charge in [-0.3, -0.25) is 9.59 Å². The Kier molecular flexibility index (Phi) is 10.2. The third kappa shape index (κ3) is 6.41. The molecule has 3 aromatic carbocycles. The van der Waals surface area contributed by atoms with E-state index in [1.165, 1.54) is 22.7 Å². The second-order valence-corrected chi connectivity index (χ2v) is 18.9. The average molecular weight is 632 g/mol. The Balaban J connectivity index is 1.75. The van der Waals surface area contributed by atoms with E-state index >= 15 is 0 Å². The van der Waals surface area contributed by atoms with E-state index in [-0.39, 0.29) is 19.1 Å². The van der Waals surface area contributed by atoms with E-state index in [0.29, 0.717) is 0 Å². The Morgan fingerprint density at radius 3 is 1.80 bits per heavy atom. The highest BCUT2D eigenvalue weighted by molar-refractivity contribution is 8.01. The van der Waals surface area contributed by atoms with Gasteiger partial charge >= 0.3 is 11.9 Å². The Bertz CT molecular complexity index is 1360. The van der Waals surface area contributed by atoms with Crippen LogP contribution in [0.4, 0.5) is 0 Å². The topological polar surface area (TPSA) is 93.1 Å². The molecule has 232 valence electrons. The largest absolute Gasteiger partial charge is 0.459 e. The Labute approximate surface area is 265 Å². The molecule has 9 heteroatoms. The zero-order chi connectivity index (χ0) is 32.1. The second kappa shape index (κ2) is 13.5. The number of esters is 2. The van der Waals surface area contributed by atoms with Crippen molar-refractivity contribution in [1.82, 2.24) is 4.90 Å². The van der Waals surface area contributed by atoms with Gasteiger partial charge in [0.25, 0.3) is 0 Å². The van der Waals surface area contributed by atoms with Crippen molar-refractivity contribution in [2.75, 3.05) is 13.2 Å².